The lowest BCUT2D eigenvalue weighted by atomic mass is 9.91. The van der Waals surface area contributed by atoms with Crippen molar-refractivity contribution in [2.75, 3.05) is 0 Å². The van der Waals surface area contributed by atoms with Crippen LogP contribution >= 0.6 is 0 Å². The standard InChI is InChI=1S/C63H39N5/c1-3-19-40(20-4-1)42-23-17-25-44(37-42)61-64-62(45-26-18-24-43(38-45)41-21-5-2-6-22-41)66-63(65-61)51-32-12-16-36-56(51)67-55-35-15-11-31-50(55)58-57(67)39-52-48-29-10-14-34-54(48)68-53-33-13-9-28-47(53)46-27-7-8-30-49(46)59(58)60(52)68/h1-39H. The van der Waals surface area contributed by atoms with Crippen LogP contribution in [0, 0.1) is 0 Å². The first-order valence-electron chi connectivity index (χ1n) is 23.1. The molecule has 5 heteroatoms. The summed E-state index contributed by atoms with van der Waals surface area (Å²) in [6, 6.07) is 84.5. The van der Waals surface area contributed by atoms with E-state index in [1.165, 1.54) is 60.5 Å². The van der Waals surface area contributed by atoms with Crippen molar-refractivity contribution in [1.82, 2.24) is 24.1 Å². The van der Waals surface area contributed by atoms with E-state index in [0.717, 1.165) is 55.7 Å². The van der Waals surface area contributed by atoms with Gasteiger partial charge in [-0.15, -0.1) is 0 Å². The number of hydrogen-bond acceptors (Lipinski definition) is 3. The molecule has 68 heavy (non-hydrogen) atoms. The van der Waals surface area contributed by atoms with Crippen molar-refractivity contribution >= 4 is 43.6 Å². The normalized spacial score (nSPS) is 11.8. The molecule has 14 rings (SSSR count). The van der Waals surface area contributed by atoms with Gasteiger partial charge >= 0.3 is 0 Å². The van der Waals surface area contributed by atoms with E-state index in [-0.39, 0.29) is 0 Å². The van der Waals surface area contributed by atoms with Gasteiger partial charge in [0.15, 0.2) is 17.5 Å². The van der Waals surface area contributed by atoms with Crippen LogP contribution in [0.2, 0.25) is 0 Å². The van der Waals surface area contributed by atoms with Crippen LogP contribution in [0.25, 0.3) is 134 Å². The number of aromatic nitrogens is 5. The Kier molecular flexibility index (Phi) is 8.52. The summed E-state index contributed by atoms with van der Waals surface area (Å²) in [6.45, 7) is 0. The summed E-state index contributed by atoms with van der Waals surface area (Å²) in [5, 5.41) is 4.81. The SMILES string of the molecule is c1ccc(-c2cccc(-c3nc(-c4cccc(-c5ccccc5)c4)nc(-c4ccccc4-n4c5ccccc5c5c6c7c(cc54)c4ccccc4n7-c4ccccc4-c4ccccc4-6)n3)c2)cc1. The highest BCUT2D eigenvalue weighted by Crippen LogP contribution is 2.52. The number of hydrogen-bond donors (Lipinski definition) is 0. The molecule has 0 fully saturated rings. The maximum atomic E-state index is 5.41. The van der Waals surface area contributed by atoms with Gasteiger partial charge in [0.2, 0.25) is 0 Å². The Morgan fingerprint density at radius 3 is 1.37 bits per heavy atom. The van der Waals surface area contributed by atoms with Crippen molar-refractivity contribution in [3.8, 4) is 90.0 Å². The molecule has 0 spiro atoms. The zero-order valence-electron chi connectivity index (χ0n) is 36.8. The minimum atomic E-state index is 0.596. The third kappa shape index (κ3) is 5.86. The Morgan fingerprint density at radius 1 is 0.265 bits per heavy atom. The Morgan fingerprint density at radius 2 is 0.721 bits per heavy atom. The molecule has 0 saturated heterocycles. The molecule has 10 aromatic carbocycles. The molecule has 0 saturated carbocycles. The van der Waals surface area contributed by atoms with E-state index < -0.39 is 0 Å². The molecular weight excluding hydrogens is 827 g/mol. The van der Waals surface area contributed by atoms with Crippen molar-refractivity contribution in [2.45, 2.75) is 0 Å². The van der Waals surface area contributed by atoms with Crippen LogP contribution in [0.5, 0.6) is 0 Å². The molecule has 3 aromatic heterocycles. The van der Waals surface area contributed by atoms with Crippen molar-refractivity contribution in [2.24, 2.45) is 0 Å². The van der Waals surface area contributed by atoms with Gasteiger partial charge in [0, 0.05) is 49.4 Å². The fourth-order valence-corrected chi connectivity index (χ4v) is 10.7. The zero-order valence-corrected chi connectivity index (χ0v) is 36.8. The van der Waals surface area contributed by atoms with Crippen molar-refractivity contribution in [1.29, 1.82) is 0 Å². The average Bonchev–Trinajstić information content (AvgIpc) is 3.88. The van der Waals surface area contributed by atoms with E-state index in [1.807, 2.05) is 12.1 Å². The second-order valence-electron chi connectivity index (χ2n) is 17.5. The molecule has 13 aromatic rings. The van der Waals surface area contributed by atoms with Crippen molar-refractivity contribution < 1.29 is 0 Å². The van der Waals surface area contributed by atoms with Gasteiger partial charge in [-0.05, 0) is 81.9 Å². The molecule has 0 radical (unpaired) electrons. The predicted octanol–water partition coefficient (Wildman–Crippen LogP) is 16.0. The minimum Gasteiger partial charge on any atom is -0.308 e. The van der Waals surface area contributed by atoms with Crippen LogP contribution in [-0.2, 0) is 0 Å². The van der Waals surface area contributed by atoms with E-state index in [2.05, 4.69) is 234 Å². The topological polar surface area (TPSA) is 48.5 Å². The van der Waals surface area contributed by atoms with Crippen LogP contribution in [0.3, 0.4) is 0 Å². The van der Waals surface area contributed by atoms with Crippen LogP contribution in [0.1, 0.15) is 0 Å². The Labute approximate surface area is 392 Å². The monoisotopic (exact) mass is 865 g/mol. The second-order valence-corrected chi connectivity index (χ2v) is 17.5. The van der Waals surface area contributed by atoms with E-state index in [1.54, 1.807) is 0 Å². The summed E-state index contributed by atoms with van der Waals surface area (Å²) < 4.78 is 4.94. The van der Waals surface area contributed by atoms with Gasteiger partial charge in [-0.3, -0.25) is 0 Å². The number of para-hydroxylation sites is 4. The third-order valence-corrected chi connectivity index (χ3v) is 13.7. The van der Waals surface area contributed by atoms with Crippen LogP contribution in [0.4, 0.5) is 0 Å². The lowest BCUT2D eigenvalue weighted by molar-refractivity contribution is 1.06. The molecular formula is C63H39N5. The predicted molar refractivity (Wildman–Crippen MR) is 280 cm³/mol. The van der Waals surface area contributed by atoms with E-state index in [0.29, 0.717) is 17.5 Å². The maximum absolute atomic E-state index is 5.41. The highest BCUT2D eigenvalue weighted by Gasteiger charge is 2.29. The largest absolute Gasteiger partial charge is 0.308 e. The molecule has 316 valence electrons. The Balaban J connectivity index is 1.06. The second kappa shape index (κ2) is 15.2. The molecule has 0 amide bonds. The zero-order chi connectivity index (χ0) is 44.7. The summed E-state index contributed by atoms with van der Waals surface area (Å²) in [5.41, 5.74) is 18.9. The van der Waals surface area contributed by atoms with Gasteiger partial charge in [-0.25, -0.2) is 15.0 Å². The molecule has 5 nitrogen and oxygen atoms in total. The van der Waals surface area contributed by atoms with Crippen LogP contribution < -0.4 is 0 Å². The summed E-state index contributed by atoms with van der Waals surface area (Å²) >= 11 is 0. The first-order chi connectivity index (χ1) is 33.7. The summed E-state index contributed by atoms with van der Waals surface area (Å²) in [7, 11) is 0. The molecule has 0 unspecified atom stereocenters. The third-order valence-electron chi connectivity index (χ3n) is 13.7. The Hall–Kier alpha value is -9.19. The highest BCUT2D eigenvalue weighted by atomic mass is 15.1. The summed E-state index contributed by atoms with van der Waals surface area (Å²) in [6.07, 6.45) is 0. The molecule has 1 aliphatic rings. The van der Waals surface area contributed by atoms with Gasteiger partial charge in [-0.2, -0.15) is 0 Å². The Bertz CT molecular complexity index is 4040. The fourth-order valence-electron chi connectivity index (χ4n) is 10.7. The lowest BCUT2D eigenvalue weighted by Gasteiger charge is -2.16. The van der Waals surface area contributed by atoms with E-state index in [9.17, 15) is 0 Å². The molecule has 0 atom stereocenters. The quantitative estimate of drug-likeness (QED) is 0.167. The molecule has 0 aliphatic carbocycles. The molecule has 1 aliphatic heterocycles. The van der Waals surface area contributed by atoms with Gasteiger partial charge in [0.05, 0.1) is 33.4 Å². The number of benzene rings is 10. The van der Waals surface area contributed by atoms with Gasteiger partial charge in [-0.1, -0.05) is 188 Å². The van der Waals surface area contributed by atoms with Crippen LogP contribution in [0.15, 0.2) is 237 Å². The first-order valence-corrected chi connectivity index (χ1v) is 23.1. The van der Waals surface area contributed by atoms with Gasteiger partial charge < -0.3 is 9.13 Å². The molecule has 0 N–H and O–H groups in total. The summed E-state index contributed by atoms with van der Waals surface area (Å²) in [4.78, 5) is 16.1. The maximum Gasteiger partial charge on any atom is 0.166 e. The van der Waals surface area contributed by atoms with E-state index in [4.69, 9.17) is 15.0 Å². The number of nitrogens with zero attached hydrogens (tertiary/aromatic N) is 5. The van der Waals surface area contributed by atoms with Crippen molar-refractivity contribution in [3.05, 3.63) is 237 Å². The van der Waals surface area contributed by atoms with Crippen LogP contribution in [-0.4, -0.2) is 24.1 Å². The lowest BCUT2D eigenvalue weighted by Crippen LogP contribution is -2.04. The molecule has 0 bridgehead atoms. The number of fused-ring (bicyclic) bond motifs is 12. The molecule has 4 heterocycles. The smallest absolute Gasteiger partial charge is 0.166 e. The average molecular weight is 866 g/mol. The summed E-state index contributed by atoms with van der Waals surface area (Å²) in [5.74, 6) is 1.81. The van der Waals surface area contributed by atoms with Gasteiger partial charge in [0.1, 0.15) is 0 Å². The van der Waals surface area contributed by atoms with Gasteiger partial charge in [0.25, 0.3) is 0 Å². The first kappa shape index (κ1) is 38.1. The fraction of sp³-hybridized carbons (Fsp3) is 0. The number of rotatable bonds is 6. The minimum absolute atomic E-state index is 0.596. The van der Waals surface area contributed by atoms with Crippen molar-refractivity contribution in [3.63, 3.8) is 0 Å². The van der Waals surface area contributed by atoms with E-state index >= 15 is 0 Å². The highest BCUT2D eigenvalue weighted by molar-refractivity contribution is 6.28.